The molecule has 1 heterocycles. The monoisotopic (exact) mass is 317 g/mol. The number of aryl methyl sites for hydroxylation is 2. The third-order valence-electron chi connectivity index (χ3n) is 3.72. The molecule has 1 aromatic carbocycles. The summed E-state index contributed by atoms with van der Waals surface area (Å²) in [6.07, 6.45) is 6.49. The maximum atomic E-state index is 13.7. The molecule has 0 radical (unpaired) electrons. The summed E-state index contributed by atoms with van der Waals surface area (Å²) in [4.78, 5) is 8.22. The van der Waals surface area contributed by atoms with E-state index in [-0.39, 0.29) is 11.9 Å². The fraction of sp³-hybridized carbons (Fsp3) is 0.412. The van der Waals surface area contributed by atoms with Crippen molar-refractivity contribution in [2.45, 2.75) is 32.9 Å². The summed E-state index contributed by atoms with van der Waals surface area (Å²) in [5.41, 5.74) is 1.55. The molecule has 124 valence electrons. The second-order valence-electron chi connectivity index (χ2n) is 5.53. The number of nitrogens with zero attached hydrogens (tertiary/aromatic N) is 3. The number of guanidine groups is 1. The molecule has 6 heteroatoms. The number of nitrogens with one attached hydrogen (secondary N) is 2. The van der Waals surface area contributed by atoms with Gasteiger partial charge in [-0.05, 0) is 37.5 Å². The van der Waals surface area contributed by atoms with E-state index in [0.29, 0.717) is 11.5 Å². The van der Waals surface area contributed by atoms with Gasteiger partial charge < -0.3 is 15.2 Å². The standard InChI is InChI=1S/C17H24FN5/c1-13-5-6-15(11-16(13)18)14(2)22-17(19-3)21-7-4-9-23-10-8-20-12-23/h5-6,8,10-12,14H,4,7,9H2,1-3H3,(H2,19,21,22). The Labute approximate surface area is 136 Å². The zero-order valence-corrected chi connectivity index (χ0v) is 13.9. The van der Waals surface area contributed by atoms with Crippen molar-refractivity contribution >= 4 is 5.96 Å². The largest absolute Gasteiger partial charge is 0.356 e. The topological polar surface area (TPSA) is 54.2 Å². The summed E-state index contributed by atoms with van der Waals surface area (Å²) in [5, 5.41) is 6.55. The Bertz CT molecular complexity index is 636. The summed E-state index contributed by atoms with van der Waals surface area (Å²) in [5.74, 6) is 0.531. The Morgan fingerprint density at radius 2 is 2.26 bits per heavy atom. The van der Waals surface area contributed by atoms with Crippen LogP contribution in [0, 0.1) is 12.7 Å². The van der Waals surface area contributed by atoms with Crippen molar-refractivity contribution in [3.8, 4) is 0 Å². The predicted molar refractivity (Wildman–Crippen MR) is 90.9 cm³/mol. The number of hydrogen-bond donors (Lipinski definition) is 2. The van der Waals surface area contributed by atoms with Crippen molar-refractivity contribution in [1.82, 2.24) is 20.2 Å². The van der Waals surface area contributed by atoms with Crippen LogP contribution in [-0.4, -0.2) is 29.1 Å². The maximum Gasteiger partial charge on any atom is 0.191 e. The predicted octanol–water partition coefficient (Wildman–Crippen LogP) is 2.65. The lowest BCUT2D eigenvalue weighted by atomic mass is 10.1. The van der Waals surface area contributed by atoms with Gasteiger partial charge in [0.1, 0.15) is 5.82 Å². The molecular weight excluding hydrogens is 293 g/mol. The number of halogens is 1. The van der Waals surface area contributed by atoms with E-state index in [2.05, 4.69) is 20.6 Å². The first-order valence-corrected chi connectivity index (χ1v) is 7.79. The number of rotatable bonds is 6. The molecule has 1 atom stereocenters. The average Bonchev–Trinajstić information content (AvgIpc) is 3.06. The molecule has 2 N–H and O–H groups in total. The molecule has 0 bridgehead atoms. The zero-order chi connectivity index (χ0) is 16.7. The van der Waals surface area contributed by atoms with Crippen molar-refractivity contribution in [2.24, 2.45) is 4.99 Å². The molecule has 1 unspecified atom stereocenters. The van der Waals surface area contributed by atoms with Gasteiger partial charge in [-0.1, -0.05) is 12.1 Å². The van der Waals surface area contributed by atoms with Crippen molar-refractivity contribution < 1.29 is 4.39 Å². The molecule has 1 aromatic heterocycles. The Hall–Kier alpha value is -2.37. The summed E-state index contributed by atoms with van der Waals surface area (Å²) >= 11 is 0. The SMILES string of the molecule is CN=C(NCCCn1ccnc1)NC(C)c1ccc(C)c(F)c1. The molecule has 2 aromatic rings. The van der Waals surface area contributed by atoms with Gasteiger partial charge in [-0.15, -0.1) is 0 Å². The number of imidazole rings is 1. The van der Waals surface area contributed by atoms with Crippen LogP contribution in [0.3, 0.4) is 0 Å². The Morgan fingerprint density at radius 1 is 1.43 bits per heavy atom. The number of aromatic nitrogens is 2. The van der Waals surface area contributed by atoms with Gasteiger partial charge in [-0.3, -0.25) is 4.99 Å². The third-order valence-corrected chi connectivity index (χ3v) is 3.72. The van der Waals surface area contributed by atoms with Gasteiger partial charge in [0.25, 0.3) is 0 Å². The van der Waals surface area contributed by atoms with Crippen LogP contribution < -0.4 is 10.6 Å². The first-order valence-electron chi connectivity index (χ1n) is 7.79. The summed E-state index contributed by atoms with van der Waals surface area (Å²) in [6, 6.07) is 5.27. The van der Waals surface area contributed by atoms with Crippen LogP contribution in [0.15, 0.2) is 41.9 Å². The van der Waals surface area contributed by atoms with Crippen molar-refractivity contribution in [3.05, 3.63) is 53.9 Å². The van der Waals surface area contributed by atoms with Crippen molar-refractivity contribution in [2.75, 3.05) is 13.6 Å². The first kappa shape index (κ1) is 17.0. The quantitative estimate of drug-likeness (QED) is 0.489. The van der Waals surface area contributed by atoms with Crippen molar-refractivity contribution in [3.63, 3.8) is 0 Å². The lowest BCUT2D eigenvalue weighted by Gasteiger charge is -2.18. The van der Waals surface area contributed by atoms with Crippen molar-refractivity contribution in [1.29, 1.82) is 0 Å². The number of aliphatic imine (C=N–C) groups is 1. The highest BCUT2D eigenvalue weighted by Gasteiger charge is 2.09. The Morgan fingerprint density at radius 3 is 2.91 bits per heavy atom. The van der Waals surface area contributed by atoms with Crippen LogP contribution in [0.1, 0.15) is 30.5 Å². The first-order chi connectivity index (χ1) is 11.1. The van der Waals surface area contributed by atoms with E-state index in [0.717, 1.165) is 25.1 Å². The molecule has 0 saturated carbocycles. The summed E-state index contributed by atoms with van der Waals surface area (Å²) < 4.78 is 15.7. The van der Waals surface area contributed by atoms with Gasteiger partial charge in [0.2, 0.25) is 0 Å². The molecule has 23 heavy (non-hydrogen) atoms. The molecule has 0 aliphatic rings. The van der Waals surface area contributed by atoms with Gasteiger partial charge in [0.05, 0.1) is 12.4 Å². The highest BCUT2D eigenvalue weighted by Crippen LogP contribution is 2.16. The van der Waals surface area contributed by atoms with Crippen LogP contribution in [0.4, 0.5) is 4.39 Å². The molecule has 0 aliphatic carbocycles. The Balaban J connectivity index is 1.80. The second kappa shape index (κ2) is 8.31. The molecule has 5 nitrogen and oxygen atoms in total. The molecule has 0 spiro atoms. The minimum absolute atomic E-state index is 0.0232. The zero-order valence-electron chi connectivity index (χ0n) is 13.9. The van der Waals surface area contributed by atoms with Gasteiger partial charge in [0, 0.05) is 32.5 Å². The van der Waals surface area contributed by atoms with Crippen LogP contribution in [0.25, 0.3) is 0 Å². The van der Waals surface area contributed by atoms with Crippen LogP contribution >= 0.6 is 0 Å². The van der Waals surface area contributed by atoms with E-state index >= 15 is 0 Å². The average molecular weight is 317 g/mol. The van der Waals surface area contributed by atoms with Gasteiger partial charge in [-0.25, -0.2) is 9.37 Å². The molecule has 0 aliphatic heterocycles. The van der Waals surface area contributed by atoms with E-state index in [9.17, 15) is 4.39 Å². The second-order valence-corrected chi connectivity index (χ2v) is 5.53. The Kier molecular flexibility index (Phi) is 6.14. The number of benzene rings is 1. The van der Waals surface area contributed by atoms with Gasteiger partial charge >= 0.3 is 0 Å². The van der Waals surface area contributed by atoms with Crippen LogP contribution in [0.2, 0.25) is 0 Å². The lowest BCUT2D eigenvalue weighted by Crippen LogP contribution is -2.39. The van der Waals surface area contributed by atoms with E-state index in [1.807, 2.05) is 23.8 Å². The fourth-order valence-electron chi connectivity index (χ4n) is 2.25. The van der Waals surface area contributed by atoms with E-state index in [4.69, 9.17) is 0 Å². The fourth-order valence-corrected chi connectivity index (χ4v) is 2.25. The molecule has 2 rings (SSSR count). The summed E-state index contributed by atoms with van der Waals surface area (Å²) in [7, 11) is 1.73. The normalized spacial score (nSPS) is 13.0. The molecule has 0 fully saturated rings. The molecule has 0 amide bonds. The highest BCUT2D eigenvalue weighted by molar-refractivity contribution is 5.80. The minimum atomic E-state index is -0.181. The lowest BCUT2D eigenvalue weighted by molar-refractivity contribution is 0.602. The van der Waals surface area contributed by atoms with E-state index < -0.39 is 0 Å². The van der Waals surface area contributed by atoms with Crippen LogP contribution in [-0.2, 0) is 6.54 Å². The third kappa shape index (κ3) is 5.09. The molecular formula is C17H24FN5. The van der Waals surface area contributed by atoms with Crippen LogP contribution in [0.5, 0.6) is 0 Å². The van der Waals surface area contributed by atoms with E-state index in [1.165, 1.54) is 0 Å². The van der Waals surface area contributed by atoms with E-state index in [1.54, 1.807) is 38.6 Å². The highest BCUT2D eigenvalue weighted by atomic mass is 19.1. The maximum absolute atomic E-state index is 13.7. The smallest absolute Gasteiger partial charge is 0.191 e. The summed E-state index contributed by atoms with van der Waals surface area (Å²) in [6.45, 7) is 5.45. The molecule has 0 saturated heterocycles. The van der Waals surface area contributed by atoms with Gasteiger partial charge in [-0.2, -0.15) is 0 Å². The number of hydrogen-bond acceptors (Lipinski definition) is 2. The minimum Gasteiger partial charge on any atom is -0.356 e. The van der Waals surface area contributed by atoms with Gasteiger partial charge in [0.15, 0.2) is 5.96 Å².